The number of morpholine rings is 1. The van der Waals surface area contributed by atoms with Gasteiger partial charge in [-0.1, -0.05) is 12.1 Å². The molecule has 2 heterocycles. The number of piperidine rings is 1. The molecule has 2 saturated heterocycles. The van der Waals surface area contributed by atoms with Crippen molar-refractivity contribution in [2.75, 3.05) is 52.5 Å². The quantitative estimate of drug-likeness (QED) is 0.777. The Morgan fingerprint density at radius 1 is 1.22 bits per heavy atom. The molecule has 0 aromatic heterocycles. The molecule has 0 aliphatic carbocycles. The van der Waals surface area contributed by atoms with Crippen LogP contribution in [0.5, 0.6) is 5.75 Å². The van der Waals surface area contributed by atoms with E-state index >= 15 is 0 Å². The van der Waals surface area contributed by atoms with Gasteiger partial charge in [-0.3, -0.25) is 4.90 Å². The van der Waals surface area contributed by atoms with Gasteiger partial charge < -0.3 is 19.7 Å². The summed E-state index contributed by atoms with van der Waals surface area (Å²) in [4.78, 5) is 17.1. The molecule has 6 nitrogen and oxygen atoms in total. The van der Waals surface area contributed by atoms with Crippen LogP contribution in [-0.2, 0) is 4.74 Å². The maximum atomic E-state index is 12.7. The number of rotatable bonds is 6. The van der Waals surface area contributed by atoms with Crippen molar-refractivity contribution >= 4 is 6.03 Å². The Balaban J connectivity index is 1.44. The number of aryl methyl sites for hydroxylation is 2. The minimum atomic E-state index is 0.0394. The van der Waals surface area contributed by atoms with Crippen LogP contribution in [0.2, 0.25) is 0 Å². The molecule has 27 heavy (non-hydrogen) atoms. The SMILES string of the molecule is Cc1ccc(C)c(OCCNC(=O)N2CCCCC2CN2CCOCC2)c1. The van der Waals surface area contributed by atoms with Crippen LogP contribution in [0.15, 0.2) is 18.2 Å². The molecular formula is C21H33N3O3. The van der Waals surface area contributed by atoms with Gasteiger partial charge in [-0.05, 0) is 50.3 Å². The highest BCUT2D eigenvalue weighted by molar-refractivity contribution is 5.74. The van der Waals surface area contributed by atoms with E-state index < -0.39 is 0 Å². The lowest BCUT2D eigenvalue weighted by Gasteiger charge is -2.39. The number of nitrogens with zero attached hydrogens (tertiary/aromatic N) is 2. The molecule has 1 atom stereocenters. The van der Waals surface area contributed by atoms with E-state index in [2.05, 4.69) is 29.3 Å². The Labute approximate surface area is 162 Å². The first-order valence-corrected chi connectivity index (χ1v) is 10.2. The zero-order valence-electron chi connectivity index (χ0n) is 16.7. The van der Waals surface area contributed by atoms with Crippen LogP contribution in [0.1, 0.15) is 30.4 Å². The number of benzene rings is 1. The van der Waals surface area contributed by atoms with Crippen molar-refractivity contribution in [1.82, 2.24) is 15.1 Å². The molecule has 0 radical (unpaired) electrons. The molecule has 2 amide bonds. The summed E-state index contributed by atoms with van der Waals surface area (Å²) >= 11 is 0. The van der Waals surface area contributed by atoms with Crippen LogP contribution in [0.4, 0.5) is 4.79 Å². The Hall–Kier alpha value is -1.79. The fourth-order valence-electron chi connectivity index (χ4n) is 3.82. The zero-order valence-corrected chi connectivity index (χ0v) is 16.7. The summed E-state index contributed by atoms with van der Waals surface area (Å²) in [6, 6.07) is 6.52. The van der Waals surface area contributed by atoms with Crippen molar-refractivity contribution in [3.8, 4) is 5.75 Å². The summed E-state index contributed by atoms with van der Waals surface area (Å²) in [5.41, 5.74) is 2.30. The fraction of sp³-hybridized carbons (Fsp3) is 0.667. The smallest absolute Gasteiger partial charge is 0.317 e. The molecule has 2 aliphatic rings. The Morgan fingerprint density at radius 2 is 2.04 bits per heavy atom. The lowest BCUT2D eigenvalue weighted by molar-refractivity contribution is 0.0221. The van der Waals surface area contributed by atoms with Gasteiger partial charge in [0.1, 0.15) is 12.4 Å². The number of amides is 2. The maximum absolute atomic E-state index is 12.7. The normalized spacial score (nSPS) is 21.1. The molecule has 150 valence electrons. The van der Waals surface area contributed by atoms with Gasteiger partial charge in [0.2, 0.25) is 0 Å². The summed E-state index contributed by atoms with van der Waals surface area (Å²) in [5, 5.41) is 3.04. The van der Waals surface area contributed by atoms with Crippen molar-refractivity contribution in [2.45, 2.75) is 39.2 Å². The first-order chi connectivity index (χ1) is 13.1. The van der Waals surface area contributed by atoms with Crippen molar-refractivity contribution < 1.29 is 14.3 Å². The molecule has 1 aromatic rings. The second-order valence-corrected chi connectivity index (χ2v) is 7.61. The lowest BCUT2D eigenvalue weighted by Crippen LogP contribution is -2.54. The minimum Gasteiger partial charge on any atom is -0.491 e. The van der Waals surface area contributed by atoms with Gasteiger partial charge >= 0.3 is 6.03 Å². The summed E-state index contributed by atoms with van der Waals surface area (Å²) in [6.45, 7) is 10.4. The molecule has 3 rings (SSSR count). The zero-order chi connectivity index (χ0) is 19.1. The van der Waals surface area contributed by atoms with Gasteiger partial charge in [0.15, 0.2) is 0 Å². The topological polar surface area (TPSA) is 54.0 Å². The second kappa shape index (κ2) is 9.95. The number of carbonyl (C=O) groups is 1. The monoisotopic (exact) mass is 375 g/mol. The predicted molar refractivity (Wildman–Crippen MR) is 106 cm³/mol. The molecule has 2 aliphatic heterocycles. The third-order valence-electron chi connectivity index (χ3n) is 5.44. The van der Waals surface area contributed by atoms with Gasteiger partial charge in [-0.15, -0.1) is 0 Å². The largest absolute Gasteiger partial charge is 0.491 e. The van der Waals surface area contributed by atoms with Crippen molar-refractivity contribution in [1.29, 1.82) is 0 Å². The molecule has 0 bridgehead atoms. The van der Waals surface area contributed by atoms with E-state index in [1.807, 2.05) is 17.9 Å². The second-order valence-electron chi connectivity index (χ2n) is 7.61. The molecule has 1 unspecified atom stereocenters. The number of carbonyl (C=O) groups excluding carboxylic acids is 1. The summed E-state index contributed by atoms with van der Waals surface area (Å²) < 4.78 is 11.3. The average Bonchev–Trinajstić information content (AvgIpc) is 2.69. The van der Waals surface area contributed by atoms with Crippen LogP contribution < -0.4 is 10.1 Å². The van der Waals surface area contributed by atoms with Gasteiger partial charge in [0.05, 0.1) is 19.8 Å². The van der Waals surface area contributed by atoms with Gasteiger partial charge in [0.25, 0.3) is 0 Å². The highest BCUT2D eigenvalue weighted by Gasteiger charge is 2.28. The standard InChI is InChI=1S/C21H33N3O3/c1-17-6-7-18(2)20(15-17)27-12-8-22-21(25)24-9-4-3-5-19(24)16-23-10-13-26-14-11-23/h6-7,15,19H,3-5,8-14,16H2,1-2H3,(H,22,25). The number of urea groups is 1. The van der Waals surface area contributed by atoms with E-state index in [1.165, 1.54) is 12.0 Å². The van der Waals surface area contributed by atoms with Crippen LogP contribution in [0.25, 0.3) is 0 Å². The van der Waals surface area contributed by atoms with Crippen molar-refractivity contribution in [3.63, 3.8) is 0 Å². The predicted octanol–water partition coefficient (Wildman–Crippen LogP) is 2.58. The summed E-state index contributed by atoms with van der Waals surface area (Å²) in [5.74, 6) is 0.896. The van der Waals surface area contributed by atoms with Crippen LogP contribution >= 0.6 is 0 Å². The highest BCUT2D eigenvalue weighted by atomic mass is 16.5. The van der Waals surface area contributed by atoms with E-state index in [0.29, 0.717) is 19.2 Å². The molecule has 0 saturated carbocycles. The number of nitrogens with one attached hydrogen (secondary N) is 1. The third-order valence-corrected chi connectivity index (χ3v) is 5.44. The van der Waals surface area contributed by atoms with Crippen LogP contribution in [-0.4, -0.2) is 74.4 Å². The van der Waals surface area contributed by atoms with Crippen molar-refractivity contribution in [3.05, 3.63) is 29.3 Å². The van der Waals surface area contributed by atoms with Gasteiger partial charge in [-0.2, -0.15) is 0 Å². The summed E-state index contributed by atoms with van der Waals surface area (Å²) in [7, 11) is 0. The third kappa shape index (κ3) is 5.84. The molecule has 0 spiro atoms. The number of likely N-dealkylation sites (tertiary alicyclic amines) is 1. The van der Waals surface area contributed by atoms with E-state index in [9.17, 15) is 4.79 Å². The van der Waals surface area contributed by atoms with Gasteiger partial charge in [0, 0.05) is 32.2 Å². The van der Waals surface area contributed by atoms with Crippen LogP contribution in [0, 0.1) is 13.8 Å². The first-order valence-electron chi connectivity index (χ1n) is 10.2. The first kappa shape index (κ1) is 20.0. The fourth-order valence-corrected chi connectivity index (χ4v) is 3.82. The number of hydrogen-bond donors (Lipinski definition) is 1. The minimum absolute atomic E-state index is 0.0394. The highest BCUT2D eigenvalue weighted by Crippen LogP contribution is 2.20. The Bertz CT molecular complexity index is 617. The molecule has 1 N–H and O–H groups in total. The molecule has 6 heteroatoms. The Morgan fingerprint density at radius 3 is 2.85 bits per heavy atom. The summed E-state index contributed by atoms with van der Waals surface area (Å²) in [6.07, 6.45) is 3.38. The van der Waals surface area contributed by atoms with Crippen LogP contribution in [0.3, 0.4) is 0 Å². The van der Waals surface area contributed by atoms with E-state index in [-0.39, 0.29) is 6.03 Å². The average molecular weight is 376 g/mol. The molecular weight excluding hydrogens is 342 g/mol. The number of ether oxygens (including phenoxy) is 2. The molecule has 2 fully saturated rings. The van der Waals surface area contributed by atoms with Gasteiger partial charge in [-0.25, -0.2) is 4.79 Å². The molecule has 1 aromatic carbocycles. The lowest BCUT2D eigenvalue weighted by atomic mass is 10.0. The van der Waals surface area contributed by atoms with E-state index in [4.69, 9.17) is 9.47 Å². The van der Waals surface area contributed by atoms with E-state index in [1.54, 1.807) is 0 Å². The maximum Gasteiger partial charge on any atom is 0.317 e. The van der Waals surface area contributed by atoms with E-state index in [0.717, 1.165) is 63.5 Å². The Kier molecular flexibility index (Phi) is 7.35. The number of hydrogen-bond acceptors (Lipinski definition) is 4. The van der Waals surface area contributed by atoms with Crippen molar-refractivity contribution in [2.24, 2.45) is 0 Å².